The standard InChI is InChI=1S/C15H18N4O2S/c16-12-9-14(21)19-15(18-12)22-8-4-7-13(20)17-10-11-5-2-1-3-6-11/h1-3,5-6,9H,4,7-8,10H2,(H,17,20)(H3,16,18,19,21). The maximum Gasteiger partial charge on any atom is 0.253 e. The van der Waals surface area contributed by atoms with Crippen LogP contribution in [-0.4, -0.2) is 21.6 Å². The number of aromatic nitrogens is 2. The van der Waals surface area contributed by atoms with Crippen molar-refractivity contribution in [1.82, 2.24) is 15.3 Å². The first kappa shape index (κ1) is 16.1. The number of nitrogen functional groups attached to an aromatic ring is 1. The van der Waals surface area contributed by atoms with Crippen LogP contribution in [0, 0.1) is 0 Å². The molecule has 0 radical (unpaired) electrons. The average molecular weight is 318 g/mol. The predicted molar refractivity (Wildman–Crippen MR) is 87.5 cm³/mol. The van der Waals surface area contributed by atoms with Crippen molar-refractivity contribution in [3.05, 3.63) is 52.3 Å². The monoisotopic (exact) mass is 318 g/mol. The minimum atomic E-state index is -0.268. The van der Waals surface area contributed by atoms with Crippen LogP contribution in [0.1, 0.15) is 18.4 Å². The molecule has 22 heavy (non-hydrogen) atoms. The van der Waals surface area contributed by atoms with Crippen molar-refractivity contribution >= 4 is 23.5 Å². The van der Waals surface area contributed by atoms with E-state index in [4.69, 9.17) is 5.73 Å². The minimum Gasteiger partial charge on any atom is -0.383 e. The third kappa shape index (κ3) is 5.61. The van der Waals surface area contributed by atoms with Crippen LogP contribution in [0.5, 0.6) is 0 Å². The summed E-state index contributed by atoms with van der Waals surface area (Å²) in [7, 11) is 0. The van der Waals surface area contributed by atoms with Crippen molar-refractivity contribution in [3.8, 4) is 0 Å². The molecule has 116 valence electrons. The van der Waals surface area contributed by atoms with Crippen molar-refractivity contribution in [1.29, 1.82) is 0 Å². The summed E-state index contributed by atoms with van der Waals surface area (Å²) in [6.45, 7) is 0.539. The summed E-state index contributed by atoms with van der Waals surface area (Å²) in [6, 6.07) is 11.0. The zero-order chi connectivity index (χ0) is 15.8. The fourth-order valence-corrected chi connectivity index (χ4v) is 2.63. The molecule has 2 rings (SSSR count). The first-order chi connectivity index (χ1) is 10.6. The van der Waals surface area contributed by atoms with Crippen molar-refractivity contribution < 1.29 is 4.79 Å². The number of carbonyl (C=O) groups is 1. The van der Waals surface area contributed by atoms with Gasteiger partial charge in [0, 0.05) is 24.8 Å². The lowest BCUT2D eigenvalue weighted by Gasteiger charge is -2.05. The minimum absolute atomic E-state index is 0.0125. The summed E-state index contributed by atoms with van der Waals surface area (Å²) in [6.07, 6.45) is 1.14. The number of hydrogen-bond donors (Lipinski definition) is 3. The van der Waals surface area contributed by atoms with Crippen LogP contribution in [0.25, 0.3) is 0 Å². The third-order valence-corrected chi connectivity index (χ3v) is 3.82. The number of benzene rings is 1. The van der Waals surface area contributed by atoms with E-state index >= 15 is 0 Å². The number of nitrogens with one attached hydrogen (secondary N) is 2. The van der Waals surface area contributed by atoms with Crippen LogP contribution >= 0.6 is 11.8 Å². The van der Waals surface area contributed by atoms with Crippen molar-refractivity contribution in [2.45, 2.75) is 24.5 Å². The summed E-state index contributed by atoms with van der Waals surface area (Å²) >= 11 is 1.38. The fraction of sp³-hybridized carbons (Fsp3) is 0.267. The zero-order valence-electron chi connectivity index (χ0n) is 12.0. The molecule has 0 saturated heterocycles. The molecule has 0 spiro atoms. The van der Waals surface area contributed by atoms with E-state index in [1.54, 1.807) is 0 Å². The smallest absolute Gasteiger partial charge is 0.253 e. The Morgan fingerprint density at radius 3 is 2.82 bits per heavy atom. The quantitative estimate of drug-likeness (QED) is 0.408. The Morgan fingerprint density at radius 1 is 1.32 bits per heavy atom. The third-order valence-electron chi connectivity index (χ3n) is 2.86. The molecule has 0 bridgehead atoms. The Balaban J connectivity index is 1.66. The lowest BCUT2D eigenvalue weighted by atomic mass is 10.2. The summed E-state index contributed by atoms with van der Waals surface area (Å²) in [4.78, 5) is 29.6. The topological polar surface area (TPSA) is 101 Å². The molecule has 0 aliphatic rings. The number of nitrogens with two attached hydrogens (primary N) is 1. The van der Waals surface area contributed by atoms with Gasteiger partial charge in [-0.25, -0.2) is 4.98 Å². The van der Waals surface area contributed by atoms with Crippen LogP contribution in [0.4, 0.5) is 5.82 Å². The number of hydrogen-bond acceptors (Lipinski definition) is 5. The van der Waals surface area contributed by atoms with Gasteiger partial charge in [-0.2, -0.15) is 0 Å². The van der Waals surface area contributed by atoms with Gasteiger partial charge in [0.25, 0.3) is 5.56 Å². The number of anilines is 1. The van der Waals surface area contributed by atoms with Gasteiger partial charge in [-0.05, 0) is 12.0 Å². The highest BCUT2D eigenvalue weighted by atomic mass is 32.2. The molecule has 0 saturated carbocycles. The second-order valence-electron chi connectivity index (χ2n) is 4.69. The number of nitrogens with zero attached hydrogens (tertiary/aromatic N) is 1. The number of amides is 1. The van der Waals surface area contributed by atoms with Crippen LogP contribution in [0.3, 0.4) is 0 Å². The number of rotatable bonds is 7. The van der Waals surface area contributed by atoms with Gasteiger partial charge in [0.2, 0.25) is 5.91 Å². The molecule has 1 amide bonds. The lowest BCUT2D eigenvalue weighted by molar-refractivity contribution is -0.121. The van der Waals surface area contributed by atoms with Gasteiger partial charge in [0.05, 0.1) is 0 Å². The summed E-state index contributed by atoms with van der Waals surface area (Å²) in [5.74, 6) is 0.899. The highest BCUT2D eigenvalue weighted by molar-refractivity contribution is 7.99. The van der Waals surface area contributed by atoms with Gasteiger partial charge in [-0.1, -0.05) is 42.1 Å². The highest BCUT2D eigenvalue weighted by Crippen LogP contribution is 2.13. The fourth-order valence-electron chi connectivity index (χ4n) is 1.81. The van der Waals surface area contributed by atoms with Gasteiger partial charge >= 0.3 is 0 Å². The molecule has 2 aromatic rings. The van der Waals surface area contributed by atoms with Gasteiger partial charge in [-0.3, -0.25) is 9.59 Å². The molecular weight excluding hydrogens is 300 g/mol. The molecule has 1 aromatic carbocycles. The van der Waals surface area contributed by atoms with Gasteiger partial charge < -0.3 is 16.0 Å². The first-order valence-electron chi connectivity index (χ1n) is 6.94. The van der Waals surface area contributed by atoms with Crippen molar-refractivity contribution in [2.24, 2.45) is 0 Å². The van der Waals surface area contributed by atoms with Crippen molar-refractivity contribution in [3.63, 3.8) is 0 Å². The molecule has 4 N–H and O–H groups in total. The van der Waals surface area contributed by atoms with E-state index in [-0.39, 0.29) is 17.3 Å². The van der Waals surface area contributed by atoms with Crippen LogP contribution in [0.15, 0.2) is 46.3 Å². The maximum atomic E-state index is 11.7. The molecule has 0 aliphatic heterocycles. The van der Waals surface area contributed by atoms with Gasteiger partial charge in [0.15, 0.2) is 5.16 Å². The molecular formula is C15H18N4O2S. The van der Waals surface area contributed by atoms with E-state index in [0.29, 0.717) is 30.3 Å². The summed E-state index contributed by atoms with van der Waals surface area (Å²) < 4.78 is 0. The Morgan fingerprint density at radius 2 is 2.09 bits per heavy atom. The largest absolute Gasteiger partial charge is 0.383 e. The Bertz CT molecular complexity index is 673. The molecule has 0 atom stereocenters. The summed E-state index contributed by atoms with van der Waals surface area (Å²) in [5.41, 5.74) is 6.31. The van der Waals surface area contributed by atoms with E-state index in [0.717, 1.165) is 5.56 Å². The van der Waals surface area contributed by atoms with Crippen LogP contribution < -0.4 is 16.6 Å². The SMILES string of the molecule is Nc1cc(=O)[nH]c(SCCCC(=O)NCc2ccccc2)n1. The van der Waals surface area contributed by atoms with Gasteiger partial charge in [-0.15, -0.1) is 0 Å². The number of thioether (sulfide) groups is 1. The number of H-pyrrole nitrogens is 1. The van der Waals surface area contributed by atoms with Crippen LogP contribution in [-0.2, 0) is 11.3 Å². The van der Waals surface area contributed by atoms with Crippen LogP contribution in [0.2, 0.25) is 0 Å². The second-order valence-corrected chi connectivity index (χ2v) is 5.77. The maximum absolute atomic E-state index is 11.7. The van der Waals surface area contributed by atoms with Gasteiger partial charge in [0.1, 0.15) is 5.82 Å². The Hall–Kier alpha value is -2.28. The van der Waals surface area contributed by atoms with E-state index < -0.39 is 0 Å². The zero-order valence-corrected chi connectivity index (χ0v) is 12.9. The Labute approximate surface area is 132 Å². The summed E-state index contributed by atoms with van der Waals surface area (Å²) in [5, 5.41) is 3.36. The molecule has 0 unspecified atom stereocenters. The Kier molecular flexibility index (Phi) is 6.02. The molecule has 1 heterocycles. The number of aromatic amines is 1. The van der Waals surface area contributed by atoms with Crippen molar-refractivity contribution in [2.75, 3.05) is 11.5 Å². The van der Waals surface area contributed by atoms with E-state index in [2.05, 4.69) is 15.3 Å². The molecule has 0 fully saturated rings. The number of carbonyl (C=O) groups excluding carboxylic acids is 1. The first-order valence-corrected chi connectivity index (χ1v) is 7.92. The van der Waals surface area contributed by atoms with E-state index in [9.17, 15) is 9.59 Å². The van der Waals surface area contributed by atoms with E-state index in [1.807, 2.05) is 30.3 Å². The van der Waals surface area contributed by atoms with E-state index in [1.165, 1.54) is 17.8 Å². The highest BCUT2D eigenvalue weighted by Gasteiger charge is 2.03. The normalized spacial score (nSPS) is 10.4. The molecule has 6 nitrogen and oxygen atoms in total. The predicted octanol–water partition coefficient (Wildman–Crippen LogP) is 1.54. The molecule has 0 aliphatic carbocycles. The molecule has 7 heteroatoms. The average Bonchev–Trinajstić information content (AvgIpc) is 2.50. The molecule has 1 aromatic heterocycles. The second kappa shape index (κ2) is 8.23. The lowest BCUT2D eigenvalue weighted by Crippen LogP contribution is -2.22.